The van der Waals surface area contributed by atoms with Crippen molar-refractivity contribution in [1.82, 2.24) is 0 Å². The van der Waals surface area contributed by atoms with Crippen molar-refractivity contribution in [2.24, 2.45) is 0 Å². The number of ketones is 2. The van der Waals surface area contributed by atoms with Crippen LogP contribution in [0.3, 0.4) is 0 Å². The lowest BCUT2D eigenvalue weighted by Crippen LogP contribution is -2.34. The maximum absolute atomic E-state index is 11.7. The lowest BCUT2D eigenvalue weighted by Gasteiger charge is -2.24. The van der Waals surface area contributed by atoms with Gasteiger partial charge in [0.2, 0.25) is 0 Å². The van der Waals surface area contributed by atoms with E-state index >= 15 is 0 Å². The Kier molecular flexibility index (Phi) is 10.1. The number of Topliss-reactive ketones (excluding diaryl/α,β-unsaturated/α-hetero) is 2. The molecule has 0 aromatic heterocycles. The van der Waals surface area contributed by atoms with E-state index in [1.165, 1.54) is 6.92 Å². The van der Waals surface area contributed by atoms with Gasteiger partial charge in [-0.2, -0.15) is 0 Å². The molecule has 0 unspecified atom stereocenters. The molecule has 0 aromatic rings. The first-order valence-electron chi connectivity index (χ1n) is 8.05. The average Bonchev–Trinajstić information content (AvgIpc) is 2.44. The van der Waals surface area contributed by atoms with Crippen molar-refractivity contribution in [1.29, 1.82) is 0 Å². The van der Waals surface area contributed by atoms with Crippen molar-refractivity contribution in [3.63, 3.8) is 0 Å². The molecule has 0 bridgehead atoms. The lowest BCUT2D eigenvalue weighted by molar-refractivity contribution is -0.168. The highest BCUT2D eigenvalue weighted by atomic mass is 16.6. The first-order chi connectivity index (χ1) is 10.7. The molecule has 0 saturated heterocycles. The molecule has 0 amide bonds. The highest BCUT2D eigenvalue weighted by Crippen LogP contribution is 2.13. The van der Waals surface area contributed by atoms with Crippen LogP contribution in [0.15, 0.2) is 0 Å². The molecule has 23 heavy (non-hydrogen) atoms. The summed E-state index contributed by atoms with van der Waals surface area (Å²) in [4.78, 5) is 45.2. The summed E-state index contributed by atoms with van der Waals surface area (Å²) in [5.41, 5.74) is -0.914. The summed E-state index contributed by atoms with van der Waals surface area (Å²) in [7, 11) is 0. The molecule has 0 aliphatic carbocycles. The first-order valence-corrected chi connectivity index (χ1v) is 8.05. The van der Waals surface area contributed by atoms with Crippen LogP contribution < -0.4 is 0 Å². The number of hydrogen-bond acceptors (Lipinski definition) is 6. The third-order valence-electron chi connectivity index (χ3n) is 3.11. The second kappa shape index (κ2) is 10.9. The highest BCUT2D eigenvalue weighted by molar-refractivity contribution is 5.79. The van der Waals surface area contributed by atoms with Gasteiger partial charge in [-0.25, -0.2) is 0 Å². The molecule has 0 aliphatic heterocycles. The summed E-state index contributed by atoms with van der Waals surface area (Å²) in [6.07, 6.45) is 2.46. The zero-order valence-electron chi connectivity index (χ0n) is 14.6. The van der Waals surface area contributed by atoms with Gasteiger partial charge < -0.3 is 14.3 Å². The van der Waals surface area contributed by atoms with Crippen LogP contribution in [0.5, 0.6) is 0 Å². The van der Waals surface area contributed by atoms with E-state index in [-0.39, 0.29) is 31.0 Å². The Bertz CT molecular complexity index is 425. The largest absolute Gasteiger partial charge is 0.461 e. The molecule has 0 rings (SSSR count). The molecule has 132 valence electrons. The van der Waals surface area contributed by atoms with Gasteiger partial charge in [-0.05, 0) is 33.6 Å². The van der Waals surface area contributed by atoms with Crippen LogP contribution >= 0.6 is 0 Å². The van der Waals surface area contributed by atoms with Crippen molar-refractivity contribution in [2.45, 2.75) is 78.2 Å². The van der Waals surface area contributed by atoms with Crippen molar-refractivity contribution < 1.29 is 28.7 Å². The molecule has 0 radical (unpaired) electrons. The second-order valence-electron chi connectivity index (χ2n) is 6.20. The van der Waals surface area contributed by atoms with Crippen molar-refractivity contribution in [3.05, 3.63) is 0 Å². The molecule has 6 nitrogen and oxygen atoms in total. The van der Waals surface area contributed by atoms with Crippen molar-refractivity contribution in [3.8, 4) is 0 Å². The van der Waals surface area contributed by atoms with E-state index in [1.54, 1.807) is 20.8 Å². The molecule has 0 atom stereocenters. The van der Waals surface area contributed by atoms with E-state index in [9.17, 15) is 19.2 Å². The molecular formula is C17H28O6. The standard InChI is InChI=1S/C17H28O6/c1-5-14(19)9-7-10-15(20)22-12-17(3,4)23-16(21)11-6-8-13(2)18/h5-12H2,1-4H3. The van der Waals surface area contributed by atoms with Crippen LogP contribution in [0.25, 0.3) is 0 Å². The number of rotatable bonds is 12. The monoisotopic (exact) mass is 328 g/mol. The van der Waals surface area contributed by atoms with Gasteiger partial charge in [0.05, 0.1) is 0 Å². The van der Waals surface area contributed by atoms with Gasteiger partial charge in [-0.1, -0.05) is 6.92 Å². The van der Waals surface area contributed by atoms with E-state index in [4.69, 9.17) is 9.47 Å². The predicted molar refractivity (Wildman–Crippen MR) is 84.8 cm³/mol. The molecule has 0 aliphatic rings. The third kappa shape index (κ3) is 12.5. The predicted octanol–water partition coefficient (Wildman–Crippen LogP) is 2.76. The molecule has 6 heteroatoms. The van der Waals surface area contributed by atoms with Crippen LogP contribution in [0.1, 0.15) is 72.6 Å². The molecule has 0 heterocycles. The van der Waals surface area contributed by atoms with E-state index in [2.05, 4.69) is 0 Å². The van der Waals surface area contributed by atoms with E-state index in [0.29, 0.717) is 32.1 Å². The number of esters is 2. The van der Waals surface area contributed by atoms with Gasteiger partial charge in [0.1, 0.15) is 23.8 Å². The minimum Gasteiger partial charge on any atom is -0.461 e. The normalized spacial score (nSPS) is 11.0. The fraction of sp³-hybridized carbons (Fsp3) is 0.765. The average molecular weight is 328 g/mol. The van der Waals surface area contributed by atoms with Gasteiger partial charge in [-0.3, -0.25) is 14.4 Å². The Morgan fingerprint density at radius 3 is 2.00 bits per heavy atom. The minimum atomic E-state index is -0.914. The smallest absolute Gasteiger partial charge is 0.306 e. The van der Waals surface area contributed by atoms with E-state index in [1.807, 2.05) is 0 Å². The topological polar surface area (TPSA) is 86.7 Å². The Morgan fingerprint density at radius 2 is 1.43 bits per heavy atom. The van der Waals surface area contributed by atoms with Crippen LogP contribution in [0.2, 0.25) is 0 Å². The number of hydrogen-bond donors (Lipinski definition) is 0. The van der Waals surface area contributed by atoms with Crippen molar-refractivity contribution >= 4 is 23.5 Å². The van der Waals surface area contributed by atoms with Gasteiger partial charge in [0.25, 0.3) is 0 Å². The Balaban J connectivity index is 3.97. The first kappa shape index (κ1) is 21.3. The zero-order chi connectivity index (χ0) is 17.9. The summed E-state index contributed by atoms with van der Waals surface area (Å²) < 4.78 is 10.3. The SMILES string of the molecule is CCC(=O)CCCC(=O)OCC(C)(C)OC(=O)CCCC(C)=O. The molecule has 0 aromatic carbocycles. The summed E-state index contributed by atoms with van der Waals surface area (Å²) in [5, 5.41) is 0. The summed E-state index contributed by atoms with van der Waals surface area (Å²) in [6, 6.07) is 0. The maximum Gasteiger partial charge on any atom is 0.306 e. The van der Waals surface area contributed by atoms with Gasteiger partial charge in [-0.15, -0.1) is 0 Å². The zero-order valence-corrected chi connectivity index (χ0v) is 14.6. The summed E-state index contributed by atoms with van der Waals surface area (Å²) in [6.45, 7) is 6.54. The maximum atomic E-state index is 11.7. The van der Waals surface area contributed by atoms with E-state index < -0.39 is 17.5 Å². The van der Waals surface area contributed by atoms with Crippen LogP contribution in [0, 0.1) is 0 Å². The molecular weight excluding hydrogens is 300 g/mol. The Hall–Kier alpha value is -1.72. The molecule has 0 spiro atoms. The Labute approximate surface area is 137 Å². The van der Waals surface area contributed by atoms with Crippen molar-refractivity contribution in [2.75, 3.05) is 6.61 Å². The van der Waals surface area contributed by atoms with Gasteiger partial charge in [0.15, 0.2) is 0 Å². The molecule has 0 saturated carbocycles. The summed E-state index contributed by atoms with van der Waals surface area (Å²) >= 11 is 0. The second-order valence-corrected chi connectivity index (χ2v) is 6.20. The Morgan fingerprint density at radius 1 is 0.870 bits per heavy atom. The fourth-order valence-electron chi connectivity index (χ4n) is 1.80. The van der Waals surface area contributed by atoms with Crippen LogP contribution in [-0.4, -0.2) is 35.7 Å². The number of carbonyl (C=O) groups excluding carboxylic acids is 4. The molecule has 0 N–H and O–H groups in total. The van der Waals surface area contributed by atoms with Gasteiger partial charge >= 0.3 is 11.9 Å². The minimum absolute atomic E-state index is 0.0348. The quantitative estimate of drug-likeness (QED) is 0.512. The number of ether oxygens (including phenoxy) is 2. The van der Waals surface area contributed by atoms with E-state index in [0.717, 1.165) is 0 Å². The summed E-state index contributed by atoms with van der Waals surface area (Å²) in [5.74, 6) is -0.666. The molecule has 0 fully saturated rings. The van der Waals surface area contributed by atoms with Crippen LogP contribution in [0.4, 0.5) is 0 Å². The van der Waals surface area contributed by atoms with Crippen LogP contribution in [-0.2, 0) is 28.7 Å². The fourth-order valence-corrected chi connectivity index (χ4v) is 1.80. The number of carbonyl (C=O) groups is 4. The van der Waals surface area contributed by atoms with Gasteiger partial charge in [0, 0.05) is 32.1 Å². The lowest BCUT2D eigenvalue weighted by atomic mass is 10.1. The highest BCUT2D eigenvalue weighted by Gasteiger charge is 2.25. The third-order valence-corrected chi connectivity index (χ3v) is 3.11.